The molecule has 0 unspecified atom stereocenters. The minimum absolute atomic E-state index is 0.00326. The highest BCUT2D eigenvalue weighted by atomic mass is 16.7. The van der Waals surface area contributed by atoms with E-state index < -0.39 is 12.3 Å². The summed E-state index contributed by atoms with van der Waals surface area (Å²) < 4.78 is 13.0. The van der Waals surface area contributed by atoms with Crippen LogP contribution < -0.4 is 5.32 Å². The molecular formula is C32H42N2O6. The lowest BCUT2D eigenvalue weighted by Crippen LogP contribution is -2.43. The van der Waals surface area contributed by atoms with Crippen molar-refractivity contribution in [2.75, 3.05) is 18.4 Å². The number of aliphatic hydroxyl groups is 1. The van der Waals surface area contributed by atoms with E-state index in [1.165, 1.54) is 25.7 Å². The Bertz CT molecular complexity index is 1100. The second kappa shape index (κ2) is 15.1. The fourth-order valence-corrected chi connectivity index (χ4v) is 5.61. The SMILES string of the molecule is C=CCN(C[C@H]1C[C@@H](c2ccc(CO)cc2)O[C@@H](c2ccc(NC(=O)CCCCC(=O)O)cc2)O1)C1CCCC1. The van der Waals surface area contributed by atoms with E-state index in [0.717, 1.165) is 36.2 Å². The molecule has 2 aromatic rings. The largest absolute Gasteiger partial charge is 0.481 e. The Morgan fingerprint density at radius 2 is 1.65 bits per heavy atom. The van der Waals surface area contributed by atoms with Gasteiger partial charge in [0.2, 0.25) is 5.91 Å². The van der Waals surface area contributed by atoms with Gasteiger partial charge < -0.3 is 25.0 Å². The topological polar surface area (TPSA) is 108 Å². The summed E-state index contributed by atoms with van der Waals surface area (Å²) in [6.45, 7) is 5.62. The van der Waals surface area contributed by atoms with Gasteiger partial charge in [0.15, 0.2) is 6.29 Å². The molecule has 8 nitrogen and oxygen atoms in total. The number of hydrogen-bond donors (Lipinski definition) is 3. The molecule has 1 aliphatic heterocycles. The van der Waals surface area contributed by atoms with Crippen molar-refractivity contribution in [1.29, 1.82) is 0 Å². The Morgan fingerprint density at radius 3 is 2.30 bits per heavy atom. The molecule has 0 aromatic heterocycles. The Balaban J connectivity index is 1.44. The molecule has 2 fully saturated rings. The van der Waals surface area contributed by atoms with E-state index in [4.69, 9.17) is 14.6 Å². The number of rotatable bonds is 14. The number of carbonyl (C=O) groups is 2. The van der Waals surface area contributed by atoms with Crippen molar-refractivity contribution < 1.29 is 29.3 Å². The normalized spacial score (nSPS) is 21.4. The molecule has 2 aliphatic rings. The fourth-order valence-electron chi connectivity index (χ4n) is 5.61. The predicted octanol–water partition coefficient (Wildman–Crippen LogP) is 5.74. The Morgan fingerprint density at radius 1 is 0.975 bits per heavy atom. The molecule has 2 aromatic carbocycles. The van der Waals surface area contributed by atoms with Gasteiger partial charge in [0.1, 0.15) is 0 Å². The third kappa shape index (κ3) is 8.73. The van der Waals surface area contributed by atoms with E-state index in [2.05, 4.69) is 16.8 Å². The molecule has 4 rings (SSSR count). The van der Waals surface area contributed by atoms with Gasteiger partial charge in [0, 0.05) is 49.6 Å². The van der Waals surface area contributed by atoms with Crippen LogP contribution in [0.15, 0.2) is 61.2 Å². The summed E-state index contributed by atoms with van der Waals surface area (Å²) in [6, 6.07) is 16.0. The summed E-state index contributed by atoms with van der Waals surface area (Å²) in [4.78, 5) is 25.4. The summed E-state index contributed by atoms with van der Waals surface area (Å²) in [5, 5.41) is 21.1. The minimum Gasteiger partial charge on any atom is -0.481 e. The zero-order valence-electron chi connectivity index (χ0n) is 23.2. The second-order valence-corrected chi connectivity index (χ2v) is 10.8. The zero-order chi connectivity index (χ0) is 28.3. The van der Waals surface area contributed by atoms with Crippen LogP contribution in [0.25, 0.3) is 0 Å². The number of anilines is 1. The molecule has 1 aliphatic carbocycles. The maximum Gasteiger partial charge on any atom is 0.303 e. The van der Waals surface area contributed by atoms with Gasteiger partial charge in [-0.05, 0) is 48.9 Å². The van der Waals surface area contributed by atoms with E-state index in [1.807, 2.05) is 54.6 Å². The van der Waals surface area contributed by atoms with Crippen LogP contribution in [0, 0.1) is 0 Å². The van der Waals surface area contributed by atoms with Crippen LogP contribution in [-0.2, 0) is 25.7 Å². The molecule has 216 valence electrons. The molecule has 1 saturated heterocycles. The van der Waals surface area contributed by atoms with Gasteiger partial charge in [0.25, 0.3) is 0 Å². The van der Waals surface area contributed by atoms with Gasteiger partial charge in [-0.15, -0.1) is 6.58 Å². The van der Waals surface area contributed by atoms with E-state index in [-0.39, 0.29) is 37.6 Å². The van der Waals surface area contributed by atoms with Crippen LogP contribution in [0.4, 0.5) is 5.69 Å². The van der Waals surface area contributed by atoms with Crippen molar-refractivity contribution in [3.05, 3.63) is 77.9 Å². The molecule has 1 heterocycles. The average Bonchev–Trinajstić information content (AvgIpc) is 3.51. The van der Waals surface area contributed by atoms with Gasteiger partial charge in [0.05, 0.1) is 18.8 Å². The number of aliphatic carboxylic acids is 1. The lowest BCUT2D eigenvalue weighted by molar-refractivity contribution is -0.253. The zero-order valence-corrected chi connectivity index (χ0v) is 23.2. The molecule has 40 heavy (non-hydrogen) atoms. The first-order valence-corrected chi connectivity index (χ1v) is 14.4. The van der Waals surface area contributed by atoms with Crippen molar-refractivity contribution in [3.8, 4) is 0 Å². The van der Waals surface area contributed by atoms with Crippen LogP contribution in [0.3, 0.4) is 0 Å². The lowest BCUT2D eigenvalue weighted by atomic mass is 9.99. The number of hydrogen-bond acceptors (Lipinski definition) is 6. The fraction of sp³-hybridized carbons (Fsp3) is 0.500. The smallest absolute Gasteiger partial charge is 0.303 e. The number of ether oxygens (including phenoxy) is 2. The highest BCUT2D eigenvalue weighted by molar-refractivity contribution is 5.90. The molecular weight excluding hydrogens is 508 g/mol. The highest BCUT2D eigenvalue weighted by Crippen LogP contribution is 2.39. The van der Waals surface area contributed by atoms with Gasteiger partial charge in [-0.1, -0.05) is 55.3 Å². The van der Waals surface area contributed by atoms with Crippen LogP contribution in [0.1, 0.15) is 86.9 Å². The predicted molar refractivity (Wildman–Crippen MR) is 154 cm³/mol. The first-order valence-electron chi connectivity index (χ1n) is 14.4. The van der Waals surface area contributed by atoms with E-state index in [9.17, 15) is 14.7 Å². The summed E-state index contributed by atoms with van der Waals surface area (Å²) in [5.74, 6) is -0.981. The van der Waals surface area contributed by atoms with Crippen molar-refractivity contribution in [3.63, 3.8) is 0 Å². The number of carbonyl (C=O) groups excluding carboxylic acids is 1. The van der Waals surface area contributed by atoms with E-state index in [0.29, 0.717) is 24.6 Å². The quantitative estimate of drug-likeness (QED) is 0.203. The molecule has 0 radical (unpaired) electrons. The van der Waals surface area contributed by atoms with Crippen LogP contribution in [-0.4, -0.2) is 52.2 Å². The number of nitrogens with zero attached hydrogens (tertiary/aromatic N) is 1. The van der Waals surface area contributed by atoms with Gasteiger partial charge in [-0.3, -0.25) is 14.5 Å². The molecule has 3 atom stereocenters. The van der Waals surface area contributed by atoms with Crippen molar-refractivity contribution in [1.82, 2.24) is 4.90 Å². The van der Waals surface area contributed by atoms with Gasteiger partial charge >= 0.3 is 5.97 Å². The van der Waals surface area contributed by atoms with Crippen molar-refractivity contribution >= 4 is 17.6 Å². The molecule has 0 bridgehead atoms. The monoisotopic (exact) mass is 550 g/mol. The first-order chi connectivity index (χ1) is 19.4. The minimum atomic E-state index is -0.846. The Kier molecular flexibility index (Phi) is 11.3. The number of nitrogens with one attached hydrogen (secondary N) is 1. The Labute approximate surface area is 237 Å². The maximum atomic E-state index is 12.3. The summed E-state index contributed by atoms with van der Waals surface area (Å²) in [7, 11) is 0. The van der Waals surface area contributed by atoms with Gasteiger partial charge in [-0.25, -0.2) is 0 Å². The molecule has 1 amide bonds. The van der Waals surface area contributed by atoms with E-state index in [1.54, 1.807) is 0 Å². The number of unbranched alkanes of at least 4 members (excludes halogenated alkanes) is 1. The summed E-state index contributed by atoms with van der Waals surface area (Å²) in [5.41, 5.74) is 3.46. The lowest BCUT2D eigenvalue weighted by Gasteiger charge is -2.39. The number of carboxylic acid groups (broad SMARTS) is 1. The molecule has 1 saturated carbocycles. The van der Waals surface area contributed by atoms with Crippen LogP contribution in [0.5, 0.6) is 0 Å². The van der Waals surface area contributed by atoms with E-state index >= 15 is 0 Å². The number of benzene rings is 2. The number of aliphatic hydroxyl groups excluding tert-OH is 1. The third-order valence-electron chi connectivity index (χ3n) is 7.77. The number of amides is 1. The molecule has 0 spiro atoms. The second-order valence-electron chi connectivity index (χ2n) is 10.8. The maximum absolute atomic E-state index is 12.3. The van der Waals surface area contributed by atoms with Crippen molar-refractivity contribution in [2.24, 2.45) is 0 Å². The van der Waals surface area contributed by atoms with Crippen molar-refractivity contribution in [2.45, 2.75) is 88.9 Å². The molecule has 8 heteroatoms. The van der Waals surface area contributed by atoms with Gasteiger partial charge in [-0.2, -0.15) is 0 Å². The van der Waals surface area contributed by atoms with Crippen LogP contribution >= 0.6 is 0 Å². The molecule has 3 N–H and O–H groups in total. The summed E-state index contributed by atoms with van der Waals surface area (Å²) >= 11 is 0. The first kappa shape index (κ1) is 29.9. The standard InChI is InChI=1S/C32H42N2O6/c1-2-19-34(27-7-3-4-8-27)21-28-20-29(24-13-11-23(22-35)12-14-24)40-32(39-28)25-15-17-26(18-16-25)33-30(36)9-5-6-10-31(37)38/h2,11-18,27-29,32,35H,1,3-10,19-22H2,(H,33,36)(H,37,38)/t28-,29+,32+/m1/s1. The third-order valence-corrected chi connectivity index (χ3v) is 7.77. The van der Waals surface area contributed by atoms with Crippen LogP contribution in [0.2, 0.25) is 0 Å². The average molecular weight is 551 g/mol. The summed E-state index contributed by atoms with van der Waals surface area (Å²) in [6.07, 6.45) is 8.26. The Hall–Kier alpha value is -3.04. The highest BCUT2D eigenvalue weighted by Gasteiger charge is 2.34. The number of carboxylic acids is 1.